The molecule has 0 heterocycles. The van der Waals surface area contributed by atoms with Gasteiger partial charge in [-0.1, -0.05) is 48.2 Å². The first-order chi connectivity index (χ1) is 9.66. The topological polar surface area (TPSA) is 37.3 Å². The van der Waals surface area contributed by atoms with Crippen LogP contribution in [0, 0.1) is 11.8 Å². The maximum Gasteiger partial charge on any atom is 0.132 e. The number of aliphatic hydroxyl groups is 1. The molecular weight excluding hydrogens is 248 g/mol. The number of benzene rings is 2. The third-order valence-corrected chi connectivity index (χ3v) is 2.92. The van der Waals surface area contributed by atoms with Crippen molar-refractivity contribution in [3.8, 4) is 11.8 Å². The average molecular weight is 264 g/mol. The van der Waals surface area contributed by atoms with Crippen molar-refractivity contribution >= 4 is 5.78 Å². The Kier molecular flexibility index (Phi) is 4.70. The molecule has 0 aliphatic carbocycles. The molecular formula is C18H16O2. The molecule has 0 unspecified atom stereocenters. The molecule has 1 atom stereocenters. The first-order valence-electron chi connectivity index (χ1n) is 6.50. The molecule has 1 N–H and O–H groups in total. The Morgan fingerprint density at radius 2 is 1.70 bits per heavy atom. The molecule has 2 nitrogen and oxygen atoms in total. The summed E-state index contributed by atoms with van der Waals surface area (Å²) in [5, 5.41) is 10.1. The first kappa shape index (κ1) is 14.0. The number of hydrogen-bond donors (Lipinski definition) is 1. The summed E-state index contributed by atoms with van der Waals surface area (Å²) in [6, 6.07) is 17.0. The number of carbonyl (C=O) groups excluding carboxylic acids is 1. The SMILES string of the molecule is CC(=O)C[C@@H](O)c1ccccc1C#Cc1ccccc1. The van der Waals surface area contributed by atoms with Crippen molar-refractivity contribution < 1.29 is 9.90 Å². The van der Waals surface area contributed by atoms with E-state index in [1.807, 2.05) is 54.6 Å². The van der Waals surface area contributed by atoms with Crippen LogP contribution in [0.3, 0.4) is 0 Å². The van der Waals surface area contributed by atoms with Crippen LogP contribution in [0.2, 0.25) is 0 Å². The monoisotopic (exact) mass is 264 g/mol. The van der Waals surface area contributed by atoms with Gasteiger partial charge in [-0.2, -0.15) is 0 Å². The molecule has 0 saturated heterocycles. The summed E-state index contributed by atoms with van der Waals surface area (Å²) in [6.45, 7) is 1.47. The Labute approximate surface area is 119 Å². The quantitative estimate of drug-likeness (QED) is 0.865. The van der Waals surface area contributed by atoms with E-state index in [0.717, 1.165) is 11.1 Å². The van der Waals surface area contributed by atoms with E-state index < -0.39 is 6.10 Å². The third kappa shape index (κ3) is 3.81. The molecule has 0 aromatic heterocycles. The highest BCUT2D eigenvalue weighted by molar-refractivity contribution is 5.76. The van der Waals surface area contributed by atoms with Gasteiger partial charge in [-0.05, 0) is 30.7 Å². The van der Waals surface area contributed by atoms with Gasteiger partial charge >= 0.3 is 0 Å². The smallest absolute Gasteiger partial charge is 0.132 e. The Balaban J connectivity index is 2.29. The largest absolute Gasteiger partial charge is 0.388 e. The van der Waals surface area contributed by atoms with Gasteiger partial charge in [-0.15, -0.1) is 0 Å². The van der Waals surface area contributed by atoms with Crippen LogP contribution >= 0.6 is 0 Å². The Morgan fingerprint density at radius 1 is 1.05 bits per heavy atom. The van der Waals surface area contributed by atoms with Gasteiger partial charge in [0.15, 0.2) is 0 Å². The van der Waals surface area contributed by atoms with Gasteiger partial charge in [0.05, 0.1) is 6.10 Å². The zero-order chi connectivity index (χ0) is 14.4. The molecule has 0 saturated carbocycles. The summed E-state index contributed by atoms with van der Waals surface area (Å²) in [7, 11) is 0. The Bertz CT molecular complexity index is 648. The van der Waals surface area contributed by atoms with Crippen LogP contribution in [0.15, 0.2) is 54.6 Å². The molecule has 2 aromatic carbocycles. The van der Waals surface area contributed by atoms with Crippen molar-refractivity contribution in [3.63, 3.8) is 0 Å². The average Bonchev–Trinajstić information content (AvgIpc) is 2.46. The van der Waals surface area contributed by atoms with E-state index in [1.54, 1.807) is 0 Å². The van der Waals surface area contributed by atoms with Gasteiger partial charge in [0.2, 0.25) is 0 Å². The van der Waals surface area contributed by atoms with Crippen molar-refractivity contribution in [2.24, 2.45) is 0 Å². The summed E-state index contributed by atoms with van der Waals surface area (Å²) in [5.41, 5.74) is 2.37. The van der Waals surface area contributed by atoms with Crippen LogP contribution in [0.4, 0.5) is 0 Å². The number of hydrogen-bond acceptors (Lipinski definition) is 2. The molecule has 2 rings (SSSR count). The Hall–Kier alpha value is -2.37. The van der Waals surface area contributed by atoms with Crippen LogP contribution in [0.5, 0.6) is 0 Å². The number of carbonyl (C=O) groups is 1. The standard InChI is InChI=1S/C18H16O2/c1-14(19)13-18(20)17-10-6-5-9-16(17)12-11-15-7-3-2-4-8-15/h2-10,18,20H,13H2,1H3/t18-/m1/s1. The van der Waals surface area contributed by atoms with E-state index >= 15 is 0 Å². The van der Waals surface area contributed by atoms with E-state index in [2.05, 4.69) is 11.8 Å². The first-order valence-corrected chi connectivity index (χ1v) is 6.50. The van der Waals surface area contributed by atoms with E-state index in [-0.39, 0.29) is 12.2 Å². The van der Waals surface area contributed by atoms with E-state index in [4.69, 9.17) is 0 Å². The fourth-order valence-electron chi connectivity index (χ4n) is 1.94. The number of ketones is 1. The lowest BCUT2D eigenvalue weighted by Crippen LogP contribution is -2.05. The van der Waals surface area contributed by atoms with E-state index in [9.17, 15) is 9.90 Å². The van der Waals surface area contributed by atoms with Crippen LogP contribution < -0.4 is 0 Å². The van der Waals surface area contributed by atoms with Crippen LogP contribution in [-0.2, 0) is 4.79 Å². The van der Waals surface area contributed by atoms with Crippen LogP contribution in [-0.4, -0.2) is 10.9 Å². The minimum absolute atomic E-state index is 0.0386. The lowest BCUT2D eigenvalue weighted by Gasteiger charge is -2.10. The van der Waals surface area contributed by atoms with Crippen molar-refractivity contribution in [2.45, 2.75) is 19.4 Å². The lowest BCUT2D eigenvalue weighted by molar-refractivity contribution is -0.118. The molecule has 100 valence electrons. The number of rotatable bonds is 3. The van der Waals surface area contributed by atoms with E-state index in [0.29, 0.717) is 5.56 Å². The van der Waals surface area contributed by atoms with E-state index in [1.165, 1.54) is 6.92 Å². The molecule has 0 spiro atoms. The second-order valence-electron chi connectivity index (χ2n) is 4.63. The molecule has 20 heavy (non-hydrogen) atoms. The molecule has 2 heteroatoms. The second kappa shape index (κ2) is 6.70. The van der Waals surface area contributed by atoms with Crippen molar-refractivity contribution in [1.82, 2.24) is 0 Å². The summed E-state index contributed by atoms with van der Waals surface area (Å²) < 4.78 is 0. The van der Waals surface area contributed by atoms with Crippen molar-refractivity contribution in [3.05, 3.63) is 71.3 Å². The van der Waals surface area contributed by atoms with Gasteiger partial charge in [0, 0.05) is 17.5 Å². The Morgan fingerprint density at radius 3 is 2.40 bits per heavy atom. The van der Waals surface area contributed by atoms with Gasteiger partial charge in [-0.25, -0.2) is 0 Å². The maximum atomic E-state index is 11.1. The van der Waals surface area contributed by atoms with Gasteiger partial charge in [0.1, 0.15) is 5.78 Å². The summed E-state index contributed by atoms with van der Waals surface area (Å²) in [4.78, 5) is 11.1. The fraction of sp³-hybridized carbons (Fsp3) is 0.167. The second-order valence-corrected chi connectivity index (χ2v) is 4.63. The van der Waals surface area contributed by atoms with Crippen molar-refractivity contribution in [2.75, 3.05) is 0 Å². The normalized spacial score (nSPS) is 11.3. The molecule has 0 amide bonds. The fourth-order valence-corrected chi connectivity index (χ4v) is 1.94. The maximum absolute atomic E-state index is 11.1. The molecule has 0 aliphatic heterocycles. The molecule has 2 aromatic rings. The highest BCUT2D eigenvalue weighted by Crippen LogP contribution is 2.20. The van der Waals surface area contributed by atoms with Gasteiger partial charge < -0.3 is 5.11 Å². The van der Waals surface area contributed by atoms with Crippen LogP contribution in [0.1, 0.15) is 36.1 Å². The lowest BCUT2D eigenvalue weighted by atomic mass is 9.99. The highest BCUT2D eigenvalue weighted by Gasteiger charge is 2.12. The molecule has 0 radical (unpaired) electrons. The molecule has 0 bridgehead atoms. The highest BCUT2D eigenvalue weighted by atomic mass is 16.3. The van der Waals surface area contributed by atoms with Crippen molar-refractivity contribution in [1.29, 1.82) is 0 Å². The van der Waals surface area contributed by atoms with Gasteiger partial charge in [0.25, 0.3) is 0 Å². The minimum atomic E-state index is -0.797. The molecule has 0 fully saturated rings. The summed E-state index contributed by atoms with van der Waals surface area (Å²) in [6.07, 6.45) is -0.682. The number of Topliss-reactive ketones (excluding diaryl/α,β-unsaturated/α-hetero) is 1. The summed E-state index contributed by atoms with van der Waals surface area (Å²) >= 11 is 0. The molecule has 0 aliphatic rings. The third-order valence-electron chi connectivity index (χ3n) is 2.92. The minimum Gasteiger partial charge on any atom is -0.388 e. The zero-order valence-corrected chi connectivity index (χ0v) is 11.3. The summed E-state index contributed by atoms with van der Waals surface area (Å²) in [5.74, 6) is 6.09. The van der Waals surface area contributed by atoms with Gasteiger partial charge in [-0.3, -0.25) is 4.79 Å². The van der Waals surface area contributed by atoms with Crippen LogP contribution in [0.25, 0.3) is 0 Å². The predicted molar refractivity (Wildman–Crippen MR) is 79.1 cm³/mol. The number of aliphatic hydroxyl groups excluding tert-OH is 1. The zero-order valence-electron chi connectivity index (χ0n) is 11.3. The predicted octanol–water partition coefficient (Wildman–Crippen LogP) is 3.10.